The molecule has 1 aromatic rings. The Bertz CT molecular complexity index is 419. The molecule has 114 valence electrons. The van der Waals surface area contributed by atoms with Gasteiger partial charge in [0.25, 0.3) is 0 Å². The molecule has 2 atom stereocenters. The van der Waals surface area contributed by atoms with Crippen LogP contribution in [-0.2, 0) is 6.42 Å². The largest absolute Gasteiger partial charge is 0.425 e. The van der Waals surface area contributed by atoms with E-state index < -0.39 is 18.0 Å². The van der Waals surface area contributed by atoms with Crippen molar-refractivity contribution in [2.24, 2.45) is 5.92 Å². The van der Waals surface area contributed by atoms with Crippen molar-refractivity contribution in [2.75, 3.05) is 13.6 Å². The fourth-order valence-corrected chi connectivity index (χ4v) is 2.75. The Morgan fingerprint density at radius 3 is 2.70 bits per heavy atom. The Balaban J connectivity index is 2.05. The number of nitrogens with one attached hydrogen (secondary N) is 1. The first-order chi connectivity index (χ1) is 9.52. The summed E-state index contributed by atoms with van der Waals surface area (Å²) in [7, 11) is 1.84. The lowest BCUT2D eigenvalue weighted by atomic mass is 9.79. The molecule has 0 aliphatic heterocycles. The van der Waals surface area contributed by atoms with E-state index in [-0.39, 0.29) is 12.3 Å². The van der Waals surface area contributed by atoms with Gasteiger partial charge in [0, 0.05) is 12.3 Å². The second-order valence-corrected chi connectivity index (χ2v) is 5.28. The molecule has 20 heavy (non-hydrogen) atoms. The van der Waals surface area contributed by atoms with E-state index in [1.807, 2.05) is 7.05 Å². The maximum Gasteiger partial charge on any atom is 0.392 e. The maximum absolute atomic E-state index is 13.0. The molecule has 1 saturated carbocycles. The third-order valence-electron chi connectivity index (χ3n) is 3.80. The van der Waals surface area contributed by atoms with Gasteiger partial charge in [0.05, 0.1) is 5.92 Å². The molecule has 1 fully saturated rings. The van der Waals surface area contributed by atoms with Gasteiger partial charge in [-0.2, -0.15) is 13.2 Å². The van der Waals surface area contributed by atoms with E-state index in [9.17, 15) is 13.2 Å². The Kier molecular flexibility index (Phi) is 5.01. The number of aryl methyl sites for hydroxylation is 1. The SMILES string of the molecule is CNCCCc1nnc(C2CCCCC2C(F)(F)F)o1. The first kappa shape index (κ1) is 15.3. The van der Waals surface area contributed by atoms with Crippen molar-refractivity contribution in [3.05, 3.63) is 11.8 Å². The molecule has 1 aromatic heterocycles. The van der Waals surface area contributed by atoms with E-state index in [2.05, 4.69) is 15.5 Å². The summed E-state index contributed by atoms with van der Waals surface area (Å²) in [5, 5.41) is 10.7. The van der Waals surface area contributed by atoms with Gasteiger partial charge in [-0.1, -0.05) is 12.8 Å². The Labute approximate surface area is 116 Å². The lowest BCUT2D eigenvalue weighted by Crippen LogP contribution is -2.31. The van der Waals surface area contributed by atoms with E-state index in [0.29, 0.717) is 25.2 Å². The molecule has 4 nitrogen and oxygen atoms in total. The lowest BCUT2D eigenvalue weighted by molar-refractivity contribution is -0.188. The topological polar surface area (TPSA) is 51.0 Å². The molecule has 1 aliphatic rings. The van der Waals surface area contributed by atoms with Crippen LogP contribution in [0.3, 0.4) is 0 Å². The molecular weight excluding hydrogens is 271 g/mol. The summed E-state index contributed by atoms with van der Waals surface area (Å²) in [6.07, 6.45) is -0.735. The van der Waals surface area contributed by atoms with Crippen LogP contribution in [0.25, 0.3) is 0 Å². The fourth-order valence-electron chi connectivity index (χ4n) is 2.75. The molecular formula is C13H20F3N3O. The summed E-state index contributed by atoms with van der Waals surface area (Å²) in [5.74, 6) is -1.43. The van der Waals surface area contributed by atoms with E-state index in [0.717, 1.165) is 19.4 Å². The molecule has 2 rings (SSSR count). The predicted octanol–water partition coefficient (Wildman–Crippen LogP) is 3.06. The molecule has 1 aliphatic carbocycles. The average Bonchev–Trinajstić information content (AvgIpc) is 2.87. The minimum atomic E-state index is -4.19. The van der Waals surface area contributed by atoms with E-state index in [4.69, 9.17) is 4.42 Å². The highest BCUT2D eigenvalue weighted by Crippen LogP contribution is 2.45. The van der Waals surface area contributed by atoms with Crippen LogP contribution in [0, 0.1) is 5.92 Å². The van der Waals surface area contributed by atoms with E-state index >= 15 is 0 Å². The predicted molar refractivity (Wildman–Crippen MR) is 67.3 cm³/mol. The highest BCUT2D eigenvalue weighted by molar-refractivity contribution is 4.99. The van der Waals surface area contributed by atoms with Crippen LogP contribution in [0.1, 0.15) is 49.8 Å². The maximum atomic E-state index is 13.0. The van der Waals surface area contributed by atoms with Gasteiger partial charge in [0.1, 0.15) is 0 Å². The minimum absolute atomic E-state index is 0.158. The van der Waals surface area contributed by atoms with Crippen molar-refractivity contribution in [3.8, 4) is 0 Å². The van der Waals surface area contributed by atoms with Gasteiger partial charge in [-0.25, -0.2) is 0 Å². The monoisotopic (exact) mass is 291 g/mol. The molecule has 2 unspecified atom stereocenters. The van der Waals surface area contributed by atoms with Crippen LogP contribution in [0.5, 0.6) is 0 Å². The van der Waals surface area contributed by atoms with Crippen LogP contribution in [0.2, 0.25) is 0 Å². The second kappa shape index (κ2) is 6.56. The third-order valence-corrected chi connectivity index (χ3v) is 3.80. The summed E-state index contributed by atoms with van der Waals surface area (Å²) in [6.45, 7) is 0.812. The number of aromatic nitrogens is 2. The minimum Gasteiger partial charge on any atom is -0.425 e. The number of rotatable bonds is 5. The van der Waals surface area contributed by atoms with E-state index in [1.165, 1.54) is 0 Å². The highest BCUT2D eigenvalue weighted by atomic mass is 19.4. The molecule has 0 saturated heterocycles. The number of hydrogen-bond donors (Lipinski definition) is 1. The number of nitrogens with zero attached hydrogens (tertiary/aromatic N) is 2. The Hall–Kier alpha value is -1.11. The average molecular weight is 291 g/mol. The molecule has 1 N–H and O–H groups in total. The molecule has 0 radical (unpaired) electrons. The van der Waals surface area contributed by atoms with Crippen molar-refractivity contribution < 1.29 is 17.6 Å². The molecule has 1 heterocycles. The molecule has 0 aromatic carbocycles. The van der Waals surface area contributed by atoms with Crippen LogP contribution in [0.4, 0.5) is 13.2 Å². The molecule has 0 amide bonds. The summed E-state index contributed by atoms with van der Waals surface area (Å²) in [6, 6.07) is 0. The zero-order valence-corrected chi connectivity index (χ0v) is 11.5. The lowest BCUT2D eigenvalue weighted by Gasteiger charge is -2.30. The van der Waals surface area contributed by atoms with Gasteiger partial charge < -0.3 is 9.73 Å². The summed E-state index contributed by atoms with van der Waals surface area (Å²) < 4.78 is 44.5. The van der Waals surface area contributed by atoms with Gasteiger partial charge in [-0.15, -0.1) is 10.2 Å². The van der Waals surface area contributed by atoms with Gasteiger partial charge in [-0.05, 0) is 32.9 Å². The van der Waals surface area contributed by atoms with Crippen molar-refractivity contribution in [2.45, 2.75) is 50.6 Å². The first-order valence-corrected chi connectivity index (χ1v) is 7.06. The zero-order chi connectivity index (χ0) is 14.6. The van der Waals surface area contributed by atoms with Crippen molar-refractivity contribution in [1.29, 1.82) is 0 Å². The van der Waals surface area contributed by atoms with Crippen LogP contribution < -0.4 is 5.32 Å². The fraction of sp³-hybridized carbons (Fsp3) is 0.846. The van der Waals surface area contributed by atoms with Crippen LogP contribution >= 0.6 is 0 Å². The quantitative estimate of drug-likeness (QED) is 0.847. The number of hydrogen-bond acceptors (Lipinski definition) is 4. The van der Waals surface area contributed by atoms with Gasteiger partial charge >= 0.3 is 6.18 Å². The summed E-state index contributed by atoms with van der Waals surface area (Å²) >= 11 is 0. The van der Waals surface area contributed by atoms with Crippen molar-refractivity contribution >= 4 is 0 Å². The second-order valence-electron chi connectivity index (χ2n) is 5.28. The summed E-state index contributed by atoms with van der Waals surface area (Å²) in [5.41, 5.74) is 0. The van der Waals surface area contributed by atoms with Gasteiger partial charge in [-0.3, -0.25) is 0 Å². The van der Waals surface area contributed by atoms with Crippen molar-refractivity contribution in [3.63, 3.8) is 0 Å². The van der Waals surface area contributed by atoms with Crippen molar-refractivity contribution in [1.82, 2.24) is 15.5 Å². The Morgan fingerprint density at radius 1 is 1.25 bits per heavy atom. The number of alkyl halides is 3. The van der Waals surface area contributed by atoms with Gasteiger partial charge in [0.2, 0.25) is 11.8 Å². The standard InChI is InChI=1S/C13H20F3N3O/c1-17-8-4-7-11-18-19-12(20-11)9-5-2-3-6-10(9)13(14,15)16/h9-10,17H,2-8H2,1H3. The third kappa shape index (κ3) is 3.71. The first-order valence-electron chi connectivity index (χ1n) is 7.06. The van der Waals surface area contributed by atoms with Crippen LogP contribution in [-0.4, -0.2) is 30.0 Å². The molecule has 0 spiro atoms. The Morgan fingerprint density at radius 2 is 2.00 bits per heavy atom. The highest BCUT2D eigenvalue weighted by Gasteiger charge is 2.47. The normalized spacial score (nSPS) is 24.0. The smallest absolute Gasteiger partial charge is 0.392 e. The molecule has 0 bridgehead atoms. The zero-order valence-electron chi connectivity index (χ0n) is 11.5. The summed E-state index contributed by atoms with van der Waals surface area (Å²) in [4.78, 5) is 0. The van der Waals surface area contributed by atoms with Crippen LogP contribution in [0.15, 0.2) is 4.42 Å². The van der Waals surface area contributed by atoms with E-state index in [1.54, 1.807) is 0 Å². The van der Waals surface area contributed by atoms with Gasteiger partial charge in [0.15, 0.2) is 0 Å². The number of halogens is 3. The molecule has 7 heteroatoms.